The van der Waals surface area contributed by atoms with E-state index in [0.717, 1.165) is 23.4 Å². The number of rotatable bonds is 9. The van der Waals surface area contributed by atoms with Crippen molar-refractivity contribution in [2.24, 2.45) is 0 Å². The molecule has 0 aliphatic rings. The maximum atomic E-state index is 13.3. The van der Waals surface area contributed by atoms with E-state index < -0.39 is 29.7 Å². The van der Waals surface area contributed by atoms with Gasteiger partial charge in [-0.15, -0.1) is 0 Å². The number of aliphatic carboxylic acids is 1. The number of aromatic nitrogens is 2. The summed E-state index contributed by atoms with van der Waals surface area (Å²) in [5.41, 5.74) is 1.94. The van der Waals surface area contributed by atoms with Gasteiger partial charge in [-0.2, -0.15) is 13.2 Å². The van der Waals surface area contributed by atoms with Crippen molar-refractivity contribution < 1.29 is 27.9 Å². The average Bonchev–Trinajstić information content (AvgIpc) is 3.43. The number of benzene rings is 2. The Hall–Kier alpha value is -4.66. The van der Waals surface area contributed by atoms with Crippen molar-refractivity contribution in [2.75, 3.05) is 0 Å². The van der Waals surface area contributed by atoms with Crippen molar-refractivity contribution in [3.8, 4) is 11.3 Å². The van der Waals surface area contributed by atoms with E-state index in [2.05, 4.69) is 4.98 Å². The van der Waals surface area contributed by atoms with Gasteiger partial charge in [-0.1, -0.05) is 42.5 Å². The van der Waals surface area contributed by atoms with Gasteiger partial charge in [0, 0.05) is 36.8 Å². The maximum Gasteiger partial charge on any atom is 0.416 e. The molecule has 1 atom stereocenters. The van der Waals surface area contributed by atoms with Crippen LogP contribution in [0.25, 0.3) is 17.3 Å². The third kappa shape index (κ3) is 6.76. The second-order valence-electron chi connectivity index (χ2n) is 8.57. The summed E-state index contributed by atoms with van der Waals surface area (Å²) in [5, 5.41) is 10.0. The fourth-order valence-electron chi connectivity index (χ4n) is 3.90. The highest BCUT2D eigenvalue weighted by Gasteiger charge is 2.30. The predicted molar refractivity (Wildman–Crippen MR) is 137 cm³/mol. The molecule has 1 unspecified atom stereocenters. The zero-order valence-corrected chi connectivity index (χ0v) is 20.1. The molecule has 4 aromatic rings. The quantitative estimate of drug-likeness (QED) is 0.285. The van der Waals surface area contributed by atoms with Crippen molar-refractivity contribution in [3.05, 3.63) is 120 Å². The van der Waals surface area contributed by atoms with Crippen LogP contribution in [-0.4, -0.2) is 37.5 Å². The van der Waals surface area contributed by atoms with Crippen LogP contribution in [0.1, 0.15) is 16.7 Å². The Morgan fingerprint density at radius 3 is 2.21 bits per heavy atom. The number of hydrogen-bond donors (Lipinski definition) is 1. The van der Waals surface area contributed by atoms with Crippen LogP contribution in [-0.2, 0) is 28.9 Å². The summed E-state index contributed by atoms with van der Waals surface area (Å²) in [5.74, 6) is -1.77. The van der Waals surface area contributed by atoms with Crippen LogP contribution in [0.3, 0.4) is 0 Å². The zero-order chi connectivity index (χ0) is 27.1. The lowest BCUT2D eigenvalue weighted by atomic mass is 10.1. The van der Waals surface area contributed by atoms with Crippen LogP contribution >= 0.6 is 0 Å². The molecular weight excluding hydrogens is 495 g/mol. The van der Waals surface area contributed by atoms with Gasteiger partial charge < -0.3 is 14.6 Å². The molecule has 0 aliphatic carbocycles. The number of carboxylic acid groups (broad SMARTS) is 1. The lowest BCUT2D eigenvalue weighted by Crippen LogP contribution is -2.46. The molecule has 4 rings (SSSR count). The molecule has 9 heteroatoms. The largest absolute Gasteiger partial charge is 0.480 e. The minimum Gasteiger partial charge on any atom is -0.480 e. The van der Waals surface area contributed by atoms with Gasteiger partial charge in [0.25, 0.3) is 0 Å². The first kappa shape index (κ1) is 26.4. The summed E-state index contributed by atoms with van der Waals surface area (Å²) in [7, 11) is 0. The lowest BCUT2D eigenvalue weighted by molar-refractivity contribution is -0.149. The van der Waals surface area contributed by atoms with Gasteiger partial charge in [0.1, 0.15) is 6.04 Å². The molecule has 38 heavy (non-hydrogen) atoms. The maximum absolute atomic E-state index is 13.3. The van der Waals surface area contributed by atoms with Gasteiger partial charge in [-0.3, -0.25) is 9.78 Å². The SMILES string of the molecule is O=C(O)C(Cn1cccc1)N(Cc1ccc(-c2ccccn2)cc1)C(=O)C=Cc1ccc(C(F)(F)F)cc1. The fourth-order valence-corrected chi connectivity index (χ4v) is 3.90. The Labute approximate surface area is 217 Å². The van der Waals surface area contributed by atoms with Crippen molar-refractivity contribution in [2.45, 2.75) is 25.3 Å². The standard InChI is InChI=1S/C29H24F3N3O3/c30-29(31,32)24-13-8-21(9-14-24)10-15-27(36)35(26(28(37)38)20-34-17-3-4-18-34)19-22-6-11-23(12-7-22)25-5-1-2-16-33-25/h1-18,26H,19-20H2,(H,37,38). The van der Waals surface area contributed by atoms with Gasteiger partial charge in [-0.25, -0.2) is 4.79 Å². The summed E-state index contributed by atoms with van der Waals surface area (Å²) in [6.45, 7) is 0.0329. The van der Waals surface area contributed by atoms with Crippen molar-refractivity contribution in [1.82, 2.24) is 14.5 Å². The summed E-state index contributed by atoms with van der Waals surface area (Å²) in [4.78, 5) is 31.1. The molecule has 2 aromatic heterocycles. The third-order valence-electron chi connectivity index (χ3n) is 5.92. The highest BCUT2D eigenvalue weighted by Crippen LogP contribution is 2.29. The Balaban J connectivity index is 1.59. The van der Waals surface area contributed by atoms with E-state index in [9.17, 15) is 27.9 Å². The topological polar surface area (TPSA) is 75.4 Å². The Bertz CT molecular complexity index is 1380. The number of halogens is 3. The molecule has 0 saturated carbocycles. The number of carbonyl (C=O) groups is 2. The highest BCUT2D eigenvalue weighted by atomic mass is 19.4. The molecule has 0 bridgehead atoms. The van der Waals surface area contributed by atoms with Crippen LogP contribution in [0.2, 0.25) is 0 Å². The van der Waals surface area contributed by atoms with Crippen LogP contribution in [0, 0.1) is 0 Å². The molecule has 0 spiro atoms. The minimum absolute atomic E-state index is 0.0108. The molecule has 194 valence electrons. The van der Waals surface area contributed by atoms with E-state index >= 15 is 0 Å². The minimum atomic E-state index is -4.46. The molecule has 1 amide bonds. The van der Waals surface area contributed by atoms with Gasteiger partial charge >= 0.3 is 12.1 Å². The van der Waals surface area contributed by atoms with Crippen LogP contribution in [0.4, 0.5) is 13.2 Å². The molecule has 0 aliphatic heterocycles. The summed E-state index contributed by atoms with van der Waals surface area (Å²) < 4.78 is 40.2. The predicted octanol–water partition coefficient (Wildman–Crippen LogP) is 5.76. The molecule has 0 fully saturated rings. The second kappa shape index (κ2) is 11.6. The van der Waals surface area contributed by atoms with Gasteiger partial charge in [0.15, 0.2) is 0 Å². The number of pyridine rings is 1. The van der Waals surface area contributed by atoms with E-state index in [1.165, 1.54) is 29.2 Å². The smallest absolute Gasteiger partial charge is 0.416 e. The first-order valence-corrected chi connectivity index (χ1v) is 11.7. The first-order valence-electron chi connectivity index (χ1n) is 11.7. The molecule has 1 N–H and O–H groups in total. The normalized spacial score (nSPS) is 12.4. The fraction of sp³-hybridized carbons (Fsp3) is 0.138. The molecule has 0 radical (unpaired) electrons. The van der Waals surface area contributed by atoms with Gasteiger partial charge in [0.2, 0.25) is 5.91 Å². The summed E-state index contributed by atoms with van der Waals surface area (Å²) in [6.07, 6.45) is 3.18. The molecular formula is C29H24F3N3O3. The third-order valence-corrected chi connectivity index (χ3v) is 5.92. The van der Waals surface area contributed by atoms with E-state index in [0.29, 0.717) is 11.1 Å². The van der Waals surface area contributed by atoms with E-state index in [1.54, 1.807) is 47.4 Å². The van der Waals surface area contributed by atoms with Crippen molar-refractivity contribution >= 4 is 18.0 Å². The van der Waals surface area contributed by atoms with Crippen LogP contribution in [0.15, 0.2) is 104 Å². The molecule has 2 heterocycles. The van der Waals surface area contributed by atoms with Crippen molar-refractivity contribution in [3.63, 3.8) is 0 Å². The number of carboxylic acids is 1. The van der Waals surface area contributed by atoms with E-state index in [-0.39, 0.29) is 13.1 Å². The number of amides is 1. The van der Waals surface area contributed by atoms with Crippen LogP contribution < -0.4 is 0 Å². The van der Waals surface area contributed by atoms with E-state index in [4.69, 9.17) is 0 Å². The van der Waals surface area contributed by atoms with Gasteiger partial charge in [-0.05, 0) is 53.6 Å². The summed E-state index contributed by atoms with van der Waals surface area (Å²) in [6, 6.07) is 19.5. The Morgan fingerprint density at radius 1 is 0.947 bits per heavy atom. The summed E-state index contributed by atoms with van der Waals surface area (Å²) >= 11 is 0. The molecule has 2 aromatic carbocycles. The Morgan fingerprint density at radius 2 is 1.63 bits per heavy atom. The number of alkyl halides is 3. The van der Waals surface area contributed by atoms with Crippen molar-refractivity contribution in [1.29, 1.82) is 0 Å². The first-order chi connectivity index (χ1) is 18.2. The number of carbonyl (C=O) groups excluding carboxylic acids is 1. The average molecular weight is 520 g/mol. The van der Waals surface area contributed by atoms with E-state index in [1.807, 2.05) is 30.3 Å². The number of nitrogens with zero attached hydrogens (tertiary/aromatic N) is 3. The molecule has 0 saturated heterocycles. The second-order valence-corrected chi connectivity index (χ2v) is 8.57. The Kier molecular flexibility index (Phi) is 8.06. The lowest BCUT2D eigenvalue weighted by Gasteiger charge is -2.28. The monoisotopic (exact) mass is 519 g/mol. The molecule has 6 nitrogen and oxygen atoms in total. The highest BCUT2D eigenvalue weighted by molar-refractivity contribution is 5.94. The van der Waals surface area contributed by atoms with Gasteiger partial charge in [0.05, 0.1) is 17.8 Å². The zero-order valence-electron chi connectivity index (χ0n) is 20.1. The number of hydrogen-bond acceptors (Lipinski definition) is 3. The van der Waals surface area contributed by atoms with Crippen LogP contribution in [0.5, 0.6) is 0 Å².